The molecule has 0 aliphatic carbocycles. The number of thiophene rings is 1. The molecule has 2 aliphatic heterocycles. The van der Waals surface area contributed by atoms with Crippen LogP contribution in [0.25, 0.3) is 0 Å². The van der Waals surface area contributed by atoms with E-state index in [-0.39, 0.29) is 11.6 Å². The topological polar surface area (TPSA) is 33.6 Å². The number of amidine groups is 1. The number of rotatable bonds is 3. The summed E-state index contributed by atoms with van der Waals surface area (Å²) in [5.74, 6) is 1.65. The number of hydrogen-bond acceptors (Lipinski definition) is 4. The maximum atomic E-state index is 5.48. The third-order valence-corrected chi connectivity index (χ3v) is 6.15. The van der Waals surface area contributed by atoms with Crippen LogP contribution in [0, 0.1) is 5.92 Å². The molecule has 1 N–H and O–H groups in total. The molecule has 20 heavy (non-hydrogen) atoms. The quantitative estimate of drug-likeness (QED) is 0.924. The Labute approximate surface area is 129 Å². The fourth-order valence-corrected chi connectivity index (χ4v) is 4.92. The molecule has 3 nitrogen and oxygen atoms in total. The van der Waals surface area contributed by atoms with Gasteiger partial charge in [0, 0.05) is 23.8 Å². The highest BCUT2D eigenvalue weighted by atomic mass is 32.2. The van der Waals surface area contributed by atoms with Gasteiger partial charge in [0.15, 0.2) is 5.17 Å². The second-order valence-corrected chi connectivity index (χ2v) is 7.89. The van der Waals surface area contributed by atoms with Crippen molar-refractivity contribution in [2.45, 2.75) is 38.3 Å². The molecule has 3 heterocycles. The van der Waals surface area contributed by atoms with Crippen molar-refractivity contribution < 1.29 is 4.74 Å². The standard InChI is InChI=1S/C15H22N2OS2/c1-11(2)13(12-4-3-9-19-12)16-14-17-15(10-20-14)5-7-18-8-6-15/h3-4,9,11,13H,5-8,10H2,1-2H3,(H,16,17). The van der Waals surface area contributed by atoms with Crippen LogP contribution in [0.1, 0.15) is 37.6 Å². The molecule has 2 saturated heterocycles. The summed E-state index contributed by atoms with van der Waals surface area (Å²) in [7, 11) is 0. The molecule has 0 aromatic carbocycles. The molecule has 0 saturated carbocycles. The van der Waals surface area contributed by atoms with Gasteiger partial charge >= 0.3 is 0 Å². The molecule has 1 atom stereocenters. The minimum atomic E-state index is 0.235. The van der Waals surface area contributed by atoms with Crippen molar-refractivity contribution in [2.75, 3.05) is 19.0 Å². The third-order valence-electron chi connectivity index (χ3n) is 4.03. The Morgan fingerprint density at radius 1 is 1.35 bits per heavy atom. The predicted molar refractivity (Wildman–Crippen MR) is 87.7 cm³/mol. The van der Waals surface area contributed by atoms with E-state index >= 15 is 0 Å². The highest BCUT2D eigenvalue weighted by Crippen LogP contribution is 2.35. The van der Waals surface area contributed by atoms with Crippen LogP contribution in [-0.2, 0) is 4.74 Å². The van der Waals surface area contributed by atoms with Crippen LogP contribution in [-0.4, -0.2) is 29.7 Å². The maximum absolute atomic E-state index is 5.48. The lowest BCUT2D eigenvalue weighted by atomic mass is 9.93. The van der Waals surface area contributed by atoms with Crippen molar-refractivity contribution in [3.63, 3.8) is 0 Å². The summed E-state index contributed by atoms with van der Waals surface area (Å²) in [4.78, 5) is 6.37. The monoisotopic (exact) mass is 310 g/mol. The number of hydrogen-bond donors (Lipinski definition) is 1. The first-order chi connectivity index (χ1) is 9.69. The van der Waals surface area contributed by atoms with E-state index in [9.17, 15) is 0 Å². The fraction of sp³-hybridized carbons (Fsp3) is 0.667. The fourth-order valence-electron chi connectivity index (χ4n) is 2.73. The number of nitrogens with zero attached hydrogens (tertiary/aromatic N) is 1. The number of ether oxygens (including phenoxy) is 1. The molecular formula is C15H22N2OS2. The lowest BCUT2D eigenvalue weighted by molar-refractivity contribution is 0.0555. The van der Waals surface area contributed by atoms with Gasteiger partial charge in [0.05, 0.1) is 11.6 Å². The number of nitrogens with one attached hydrogen (secondary N) is 1. The molecule has 0 amide bonds. The Bertz CT molecular complexity index is 464. The van der Waals surface area contributed by atoms with Gasteiger partial charge in [0.2, 0.25) is 0 Å². The summed E-state index contributed by atoms with van der Waals surface area (Å²) in [6.45, 7) is 6.25. The molecule has 1 aromatic rings. The summed E-state index contributed by atoms with van der Waals surface area (Å²) < 4.78 is 5.48. The van der Waals surface area contributed by atoms with Crippen LogP contribution in [0.15, 0.2) is 22.5 Å². The Kier molecular flexibility index (Phi) is 4.38. The zero-order valence-corrected chi connectivity index (χ0v) is 13.7. The molecule has 2 aliphatic rings. The highest BCUT2D eigenvalue weighted by molar-refractivity contribution is 8.14. The molecule has 2 fully saturated rings. The summed E-state index contributed by atoms with van der Waals surface area (Å²) in [5.41, 5.74) is 0.235. The van der Waals surface area contributed by atoms with Crippen LogP contribution < -0.4 is 5.32 Å². The van der Waals surface area contributed by atoms with Crippen molar-refractivity contribution in [1.82, 2.24) is 5.32 Å². The van der Waals surface area contributed by atoms with E-state index in [1.807, 2.05) is 11.8 Å². The van der Waals surface area contributed by atoms with Crippen molar-refractivity contribution in [2.24, 2.45) is 10.9 Å². The van der Waals surface area contributed by atoms with Crippen molar-refractivity contribution in [3.05, 3.63) is 22.4 Å². The van der Waals surface area contributed by atoms with E-state index in [2.05, 4.69) is 36.7 Å². The van der Waals surface area contributed by atoms with E-state index in [0.29, 0.717) is 5.92 Å². The molecule has 1 unspecified atom stereocenters. The van der Waals surface area contributed by atoms with Crippen molar-refractivity contribution >= 4 is 28.3 Å². The van der Waals surface area contributed by atoms with E-state index in [1.165, 1.54) is 4.88 Å². The lowest BCUT2D eigenvalue weighted by Gasteiger charge is -2.32. The van der Waals surface area contributed by atoms with Gasteiger partial charge < -0.3 is 10.1 Å². The second-order valence-electron chi connectivity index (χ2n) is 5.94. The summed E-state index contributed by atoms with van der Waals surface area (Å²) in [6, 6.07) is 4.59. The predicted octanol–water partition coefficient (Wildman–Crippen LogP) is 3.69. The summed E-state index contributed by atoms with van der Waals surface area (Å²) in [6.07, 6.45) is 2.20. The van der Waals surface area contributed by atoms with Crippen LogP contribution in [0.2, 0.25) is 0 Å². The maximum Gasteiger partial charge on any atom is 0.157 e. The van der Waals surface area contributed by atoms with Crippen LogP contribution in [0.4, 0.5) is 0 Å². The molecule has 0 bridgehead atoms. The highest BCUT2D eigenvalue weighted by Gasteiger charge is 2.39. The molecule has 5 heteroatoms. The van der Waals surface area contributed by atoms with Gasteiger partial charge in [-0.05, 0) is 30.2 Å². The normalized spacial score (nSPS) is 25.2. The van der Waals surface area contributed by atoms with Crippen LogP contribution >= 0.6 is 23.1 Å². The van der Waals surface area contributed by atoms with E-state index in [1.54, 1.807) is 11.3 Å². The Morgan fingerprint density at radius 2 is 2.15 bits per heavy atom. The Balaban J connectivity index is 1.74. The van der Waals surface area contributed by atoms with Gasteiger partial charge in [-0.15, -0.1) is 11.3 Å². The first-order valence-corrected chi connectivity index (χ1v) is 9.15. The summed E-state index contributed by atoms with van der Waals surface area (Å²) >= 11 is 3.68. The number of aliphatic imine (C=N–C) groups is 1. The molecule has 110 valence electrons. The minimum Gasteiger partial charge on any atom is -0.381 e. The largest absolute Gasteiger partial charge is 0.381 e. The van der Waals surface area contributed by atoms with Crippen LogP contribution in [0.3, 0.4) is 0 Å². The van der Waals surface area contributed by atoms with E-state index in [4.69, 9.17) is 9.73 Å². The van der Waals surface area contributed by atoms with Crippen LogP contribution in [0.5, 0.6) is 0 Å². The van der Waals surface area contributed by atoms with E-state index < -0.39 is 0 Å². The lowest BCUT2D eigenvalue weighted by Crippen LogP contribution is -2.48. The van der Waals surface area contributed by atoms with Gasteiger partial charge in [-0.2, -0.15) is 0 Å². The summed E-state index contributed by atoms with van der Waals surface area (Å²) in [5, 5.41) is 6.95. The van der Waals surface area contributed by atoms with Crippen molar-refractivity contribution in [1.29, 1.82) is 0 Å². The first-order valence-electron chi connectivity index (χ1n) is 7.28. The third kappa shape index (κ3) is 3.05. The zero-order chi connectivity index (χ0) is 14.0. The Morgan fingerprint density at radius 3 is 2.80 bits per heavy atom. The van der Waals surface area contributed by atoms with Gasteiger partial charge in [-0.3, -0.25) is 4.99 Å². The minimum absolute atomic E-state index is 0.235. The molecular weight excluding hydrogens is 288 g/mol. The second kappa shape index (κ2) is 6.08. The zero-order valence-electron chi connectivity index (χ0n) is 12.1. The molecule has 1 spiro atoms. The smallest absolute Gasteiger partial charge is 0.157 e. The first kappa shape index (κ1) is 14.4. The van der Waals surface area contributed by atoms with E-state index in [0.717, 1.165) is 37.0 Å². The Hall–Kier alpha value is -0.520. The van der Waals surface area contributed by atoms with Crippen molar-refractivity contribution in [3.8, 4) is 0 Å². The average Bonchev–Trinajstić information content (AvgIpc) is 3.07. The number of thioether (sulfide) groups is 1. The van der Waals surface area contributed by atoms with Gasteiger partial charge in [0.1, 0.15) is 0 Å². The molecule has 0 radical (unpaired) electrons. The average molecular weight is 310 g/mol. The van der Waals surface area contributed by atoms with Gasteiger partial charge in [0.25, 0.3) is 0 Å². The van der Waals surface area contributed by atoms with Gasteiger partial charge in [-0.25, -0.2) is 0 Å². The van der Waals surface area contributed by atoms with Gasteiger partial charge in [-0.1, -0.05) is 31.7 Å². The SMILES string of the molecule is CC(C)C(N=C1NC2(CCOCC2)CS1)c1cccs1. The molecule has 1 aromatic heterocycles. The molecule has 3 rings (SSSR count).